The summed E-state index contributed by atoms with van der Waals surface area (Å²) >= 11 is 0. The first kappa shape index (κ1) is 12.1. The van der Waals surface area contributed by atoms with Gasteiger partial charge in [0.15, 0.2) is 0 Å². The fourth-order valence-corrected chi connectivity index (χ4v) is 2.16. The standard InChI is InChI=1S/C14H18FNO/c1-4-10-12(8-16-5-2)17-14-9(3)6-7-11(15)13(10)14/h6-7,16H,4-5,8H2,1-3H3. The van der Waals surface area contributed by atoms with Crippen molar-refractivity contribution in [3.63, 3.8) is 0 Å². The smallest absolute Gasteiger partial charge is 0.140 e. The molecule has 1 aromatic carbocycles. The van der Waals surface area contributed by atoms with Crippen molar-refractivity contribution in [2.24, 2.45) is 0 Å². The van der Waals surface area contributed by atoms with Gasteiger partial charge in [0, 0.05) is 5.56 Å². The van der Waals surface area contributed by atoms with E-state index in [1.165, 1.54) is 6.07 Å². The zero-order valence-corrected chi connectivity index (χ0v) is 10.6. The predicted octanol–water partition coefficient (Wildman–Crippen LogP) is 3.55. The van der Waals surface area contributed by atoms with Crippen LogP contribution in [-0.2, 0) is 13.0 Å². The van der Waals surface area contributed by atoms with Crippen molar-refractivity contribution < 1.29 is 8.81 Å². The SMILES string of the molecule is CCNCc1oc2c(C)ccc(F)c2c1CC. The van der Waals surface area contributed by atoms with Crippen molar-refractivity contribution in [1.82, 2.24) is 5.32 Å². The van der Waals surface area contributed by atoms with E-state index < -0.39 is 0 Å². The normalized spacial score (nSPS) is 11.3. The number of benzene rings is 1. The predicted molar refractivity (Wildman–Crippen MR) is 67.7 cm³/mol. The Morgan fingerprint density at radius 1 is 1.29 bits per heavy atom. The van der Waals surface area contributed by atoms with E-state index in [0.717, 1.165) is 29.9 Å². The summed E-state index contributed by atoms with van der Waals surface area (Å²) in [5, 5.41) is 3.88. The fraction of sp³-hybridized carbons (Fsp3) is 0.429. The Morgan fingerprint density at radius 2 is 2.06 bits per heavy atom. The van der Waals surface area contributed by atoms with Gasteiger partial charge in [-0.05, 0) is 31.5 Å². The average molecular weight is 235 g/mol. The van der Waals surface area contributed by atoms with E-state index in [2.05, 4.69) is 5.32 Å². The molecule has 0 aliphatic heterocycles. The molecule has 0 fully saturated rings. The fourth-order valence-electron chi connectivity index (χ4n) is 2.16. The first-order chi connectivity index (χ1) is 8.19. The average Bonchev–Trinajstić information content (AvgIpc) is 2.71. The lowest BCUT2D eigenvalue weighted by molar-refractivity contribution is 0.512. The van der Waals surface area contributed by atoms with E-state index in [0.29, 0.717) is 17.5 Å². The van der Waals surface area contributed by atoms with E-state index in [4.69, 9.17) is 4.42 Å². The Bertz CT molecular complexity index is 530. The quantitative estimate of drug-likeness (QED) is 0.876. The van der Waals surface area contributed by atoms with Crippen molar-refractivity contribution in [3.8, 4) is 0 Å². The van der Waals surface area contributed by atoms with Crippen molar-refractivity contribution in [2.45, 2.75) is 33.7 Å². The monoisotopic (exact) mass is 235 g/mol. The van der Waals surface area contributed by atoms with E-state index in [-0.39, 0.29) is 5.82 Å². The summed E-state index contributed by atoms with van der Waals surface area (Å²) < 4.78 is 19.7. The molecule has 0 atom stereocenters. The Balaban J connectivity index is 2.62. The molecule has 0 bridgehead atoms. The molecule has 1 heterocycles. The largest absolute Gasteiger partial charge is 0.459 e. The molecule has 0 aliphatic rings. The highest BCUT2D eigenvalue weighted by Gasteiger charge is 2.17. The summed E-state index contributed by atoms with van der Waals surface area (Å²) in [6, 6.07) is 3.28. The highest BCUT2D eigenvalue weighted by atomic mass is 19.1. The molecule has 2 nitrogen and oxygen atoms in total. The number of rotatable bonds is 4. The molecule has 0 amide bonds. The molecule has 0 unspecified atom stereocenters. The van der Waals surface area contributed by atoms with Gasteiger partial charge < -0.3 is 9.73 Å². The maximum atomic E-state index is 13.9. The molecule has 0 spiro atoms. The summed E-state index contributed by atoms with van der Waals surface area (Å²) in [4.78, 5) is 0. The Kier molecular flexibility index (Phi) is 3.48. The van der Waals surface area contributed by atoms with E-state index >= 15 is 0 Å². The zero-order valence-electron chi connectivity index (χ0n) is 10.6. The molecule has 92 valence electrons. The number of fused-ring (bicyclic) bond motifs is 1. The van der Waals surface area contributed by atoms with Crippen LogP contribution in [-0.4, -0.2) is 6.54 Å². The molecular formula is C14H18FNO. The lowest BCUT2D eigenvalue weighted by atomic mass is 10.1. The summed E-state index contributed by atoms with van der Waals surface area (Å²) in [7, 11) is 0. The first-order valence-corrected chi connectivity index (χ1v) is 6.09. The second-order valence-electron chi connectivity index (χ2n) is 4.21. The third-order valence-corrected chi connectivity index (χ3v) is 3.06. The van der Waals surface area contributed by atoms with Crippen molar-refractivity contribution in [3.05, 3.63) is 34.8 Å². The van der Waals surface area contributed by atoms with Crippen LogP contribution in [0.25, 0.3) is 11.0 Å². The molecule has 1 N–H and O–H groups in total. The molecule has 17 heavy (non-hydrogen) atoms. The molecular weight excluding hydrogens is 217 g/mol. The van der Waals surface area contributed by atoms with Gasteiger partial charge in [0.2, 0.25) is 0 Å². The Hall–Kier alpha value is -1.35. The van der Waals surface area contributed by atoms with Gasteiger partial charge in [0.1, 0.15) is 17.2 Å². The second kappa shape index (κ2) is 4.88. The minimum atomic E-state index is -0.186. The van der Waals surface area contributed by atoms with Gasteiger partial charge in [0.05, 0.1) is 11.9 Å². The van der Waals surface area contributed by atoms with Crippen LogP contribution in [0.15, 0.2) is 16.5 Å². The van der Waals surface area contributed by atoms with Gasteiger partial charge in [-0.2, -0.15) is 0 Å². The van der Waals surface area contributed by atoms with Gasteiger partial charge >= 0.3 is 0 Å². The summed E-state index contributed by atoms with van der Waals surface area (Å²) in [6.07, 6.45) is 0.786. The third kappa shape index (κ3) is 2.07. The maximum absolute atomic E-state index is 13.9. The van der Waals surface area contributed by atoms with E-state index in [1.807, 2.05) is 20.8 Å². The highest BCUT2D eigenvalue weighted by molar-refractivity contribution is 5.85. The number of hydrogen-bond acceptors (Lipinski definition) is 2. The number of aryl methyl sites for hydroxylation is 2. The van der Waals surface area contributed by atoms with Crippen LogP contribution in [0.3, 0.4) is 0 Å². The molecule has 0 aliphatic carbocycles. The van der Waals surface area contributed by atoms with Crippen LogP contribution in [0.2, 0.25) is 0 Å². The maximum Gasteiger partial charge on any atom is 0.140 e. The molecule has 1 aromatic heterocycles. The minimum Gasteiger partial charge on any atom is -0.459 e. The van der Waals surface area contributed by atoms with Crippen LogP contribution >= 0.6 is 0 Å². The number of halogens is 1. The molecule has 0 radical (unpaired) electrons. The van der Waals surface area contributed by atoms with Crippen LogP contribution < -0.4 is 5.32 Å². The highest BCUT2D eigenvalue weighted by Crippen LogP contribution is 2.31. The molecule has 2 aromatic rings. The lowest BCUT2D eigenvalue weighted by Gasteiger charge is -2.00. The van der Waals surface area contributed by atoms with Crippen molar-refractivity contribution >= 4 is 11.0 Å². The van der Waals surface area contributed by atoms with Gasteiger partial charge in [-0.25, -0.2) is 4.39 Å². The second-order valence-corrected chi connectivity index (χ2v) is 4.21. The van der Waals surface area contributed by atoms with E-state index in [1.54, 1.807) is 6.07 Å². The van der Waals surface area contributed by atoms with Gasteiger partial charge in [0.25, 0.3) is 0 Å². The topological polar surface area (TPSA) is 25.2 Å². The Labute approximate surface area is 101 Å². The van der Waals surface area contributed by atoms with Crippen LogP contribution in [0.1, 0.15) is 30.7 Å². The third-order valence-electron chi connectivity index (χ3n) is 3.06. The number of furan rings is 1. The van der Waals surface area contributed by atoms with E-state index in [9.17, 15) is 4.39 Å². The van der Waals surface area contributed by atoms with Crippen molar-refractivity contribution in [2.75, 3.05) is 6.54 Å². The van der Waals surface area contributed by atoms with Crippen LogP contribution in [0.4, 0.5) is 4.39 Å². The minimum absolute atomic E-state index is 0.186. The zero-order chi connectivity index (χ0) is 12.4. The van der Waals surface area contributed by atoms with Crippen LogP contribution in [0, 0.1) is 12.7 Å². The molecule has 0 saturated carbocycles. The summed E-state index contributed by atoms with van der Waals surface area (Å²) in [5.41, 5.74) is 2.66. The van der Waals surface area contributed by atoms with Crippen LogP contribution in [0.5, 0.6) is 0 Å². The number of hydrogen-bond donors (Lipinski definition) is 1. The number of nitrogens with one attached hydrogen (secondary N) is 1. The van der Waals surface area contributed by atoms with Gasteiger partial charge in [-0.15, -0.1) is 0 Å². The van der Waals surface area contributed by atoms with Crippen molar-refractivity contribution in [1.29, 1.82) is 0 Å². The lowest BCUT2D eigenvalue weighted by Crippen LogP contribution is -2.12. The summed E-state index contributed by atoms with van der Waals surface area (Å²) in [6.45, 7) is 7.55. The molecule has 0 saturated heterocycles. The van der Waals surface area contributed by atoms with Gasteiger partial charge in [-0.3, -0.25) is 0 Å². The summed E-state index contributed by atoms with van der Waals surface area (Å²) in [5.74, 6) is 0.673. The first-order valence-electron chi connectivity index (χ1n) is 6.09. The Morgan fingerprint density at radius 3 is 2.71 bits per heavy atom. The molecule has 3 heteroatoms. The van der Waals surface area contributed by atoms with Gasteiger partial charge in [-0.1, -0.05) is 19.9 Å². The molecule has 2 rings (SSSR count).